The summed E-state index contributed by atoms with van der Waals surface area (Å²) in [7, 11) is 0. The molecule has 0 aliphatic heterocycles. The lowest BCUT2D eigenvalue weighted by molar-refractivity contribution is -0.150. The molecule has 0 saturated heterocycles. The van der Waals surface area contributed by atoms with Crippen molar-refractivity contribution in [1.82, 2.24) is 4.90 Å². The Morgan fingerprint density at radius 3 is 1.15 bits per heavy atom. The van der Waals surface area contributed by atoms with Crippen molar-refractivity contribution in [3.05, 3.63) is 0 Å². The molecule has 1 N–H and O–H groups in total. The monoisotopic (exact) mass is 684 g/mol. The van der Waals surface area contributed by atoms with E-state index in [0.29, 0.717) is 6.42 Å². The number of unbranched alkanes of at least 4 members (excludes halogenated alkanes) is 23. The fraction of sp³-hybridized carbons (Fsp3) is 0.953. The third-order valence-corrected chi connectivity index (χ3v) is 9.36. The number of hydrogen-bond donors (Lipinski definition) is 1. The second-order valence-corrected chi connectivity index (χ2v) is 14.1. The van der Waals surface area contributed by atoms with E-state index in [2.05, 4.69) is 39.5 Å². The highest BCUT2D eigenvalue weighted by atomic mass is 16.5. The van der Waals surface area contributed by atoms with Gasteiger partial charge in [0.15, 0.2) is 0 Å². The Bertz CT molecular complexity index is 551. The molecular weight excluding hydrogens is 594 g/mol. The zero-order valence-electron chi connectivity index (χ0n) is 33.7. The van der Waals surface area contributed by atoms with Gasteiger partial charge >= 0.3 is 5.97 Å². The first-order chi connectivity index (χ1) is 23.6. The van der Waals surface area contributed by atoms with Crippen LogP contribution < -0.4 is 0 Å². The molecule has 48 heavy (non-hydrogen) atoms. The predicted octanol–water partition coefficient (Wildman–Crippen LogP) is 13.2. The number of carbonyl (C=O) groups excluding carboxylic acids is 2. The van der Waals surface area contributed by atoms with Gasteiger partial charge in [-0.2, -0.15) is 0 Å². The van der Waals surface area contributed by atoms with Gasteiger partial charge in [-0.3, -0.25) is 4.79 Å². The zero-order chi connectivity index (χ0) is 36.2. The van der Waals surface area contributed by atoms with E-state index in [-0.39, 0.29) is 18.7 Å². The van der Waals surface area contributed by atoms with Crippen molar-refractivity contribution in [2.45, 2.75) is 240 Å². The molecule has 0 fully saturated rings. The number of aliphatic hydroxyl groups excluding tert-OH is 1. The molecule has 0 rings (SSSR count). The standard InChI is InChI=1S/C34H69NO3.C8H18.CH2O/c1-4-7-10-13-16-21-26-33(27-22-17-14-11-8-5-2)38-34(37)28-23-18-15-20-25-30-35(31-32-36)29-24-19-12-9-6-3;1-3-5-7-8-6-4-2;1-2/h33,36H,4-32H2,1-3H3;3-8H2,1-2H3;1H2. The minimum Gasteiger partial charge on any atom is -0.462 e. The first-order valence-corrected chi connectivity index (χ1v) is 21.4. The third-order valence-electron chi connectivity index (χ3n) is 9.36. The number of hydrogen-bond acceptors (Lipinski definition) is 5. The number of aliphatic hydroxyl groups is 1. The van der Waals surface area contributed by atoms with Crippen LogP contribution in [0, 0.1) is 0 Å². The van der Waals surface area contributed by atoms with Crippen LogP contribution in [-0.4, -0.2) is 55.1 Å². The van der Waals surface area contributed by atoms with E-state index < -0.39 is 0 Å². The molecule has 0 unspecified atom stereocenters. The first-order valence-electron chi connectivity index (χ1n) is 21.4. The average molecular weight is 684 g/mol. The van der Waals surface area contributed by atoms with Crippen LogP contribution in [0.5, 0.6) is 0 Å². The molecule has 0 amide bonds. The third kappa shape index (κ3) is 45.1. The Morgan fingerprint density at radius 2 is 0.792 bits per heavy atom. The molecule has 0 aliphatic carbocycles. The molecule has 5 heteroatoms. The van der Waals surface area contributed by atoms with Gasteiger partial charge in [0, 0.05) is 13.0 Å². The second-order valence-electron chi connectivity index (χ2n) is 14.1. The Labute approximate surface area is 302 Å². The molecule has 0 bridgehead atoms. The van der Waals surface area contributed by atoms with Crippen molar-refractivity contribution in [3.8, 4) is 0 Å². The average Bonchev–Trinajstić information content (AvgIpc) is 3.10. The topological polar surface area (TPSA) is 66.8 Å². The van der Waals surface area contributed by atoms with Crippen LogP contribution in [0.3, 0.4) is 0 Å². The summed E-state index contributed by atoms with van der Waals surface area (Å²) in [6.45, 7) is 16.6. The van der Waals surface area contributed by atoms with Gasteiger partial charge in [-0.1, -0.05) is 182 Å². The van der Waals surface area contributed by atoms with Crippen LogP contribution in [0.15, 0.2) is 0 Å². The molecule has 0 aromatic carbocycles. The molecule has 0 aliphatic rings. The van der Waals surface area contributed by atoms with Gasteiger partial charge in [-0.25, -0.2) is 0 Å². The minimum atomic E-state index is 0.0316. The lowest BCUT2D eigenvalue weighted by Crippen LogP contribution is -2.29. The van der Waals surface area contributed by atoms with Gasteiger partial charge in [0.25, 0.3) is 0 Å². The van der Waals surface area contributed by atoms with Gasteiger partial charge < -0.3 is 19.5 Å². The van der Waals surface area contributed by atoms with E-state index in [1.165, 1.54) is 167 Å². The summed E-state index contributed by atoms with van der Waals surface area (Å²) in [6, 6.07) is 0. The fourth-order valence-corrected chi connectivity index (χ4v) is 6.22. The summed E-state index contributed by atoms with van der Waals surface area (Å²) in [5.41, 5.74) is 0. The summed E-state index contributed by atoms with van der Waals surface area (Å²) in [5.74, 6) is 0.0316. The van der Waals surface area contributed by atoms with Crippen molar-refractivity contribution in [2.75, 3.05) is 26.2 Å². The van der Waals surface area contributed by atoms with Crippen LogP contribution in [0.25, 0.3) is 0 Å². The maximum absolute atomic E-state index is 12.6. The Hall–Kier alpha value is -0.940. The van der Waals surface area contributed by atoms with Crippen molar-refractivity contribution >= 4 is 12.8 Å². The van der Waals surface area contributed by atoms with Crippen molar-refractivity contribution < 1.29 is 19.4 Å². The van der Waals surface area contributed by atoms with Gasteiger partial charge in [0.05, 0.1) is 6.61 Å². The van der Waals surface area contributed by atoms with Crippen molar-refractivity contribution in [3.63, 3.8) is 0 Å². The molecule has 0 aromatic heterocycles. The van der Waals surface area contributed by atoms with E-state index in [9.17, 15) is 9.90 Å². The lowest BCUT2D eigenvalue weighted by atomic mass is 10.0. The maximum atomic E-state index is 12.6. The maximum Gasteiger partial charge on any atom is 0.306 e. The Balaban J connectivity index is -0.00000175. The van der Waals surface area contributed by atoms with E-state index >= 15 is 0 Å². The molecule has 0 spiro atoms. The van der Waals surface area contributed by atoms with Gasteiger partial charge in [-0.15, -0.1) is 0 Å². The van der Waals surface area contributed by atoms with E-state index in [1.807, 2.05) is 6.79 Å². The number of esters is 1. The van der Waals surface area contributed by atoms with Gasteiger partial charge in [0.1, 0.15) is 12.9 Å². The van der Waals surface area contributed by atoms with Crippen LogP contribution in [0.4, 0.5) is 0 Å². The SMILES string of the molecule is C=O.CCCCCCCC.CCCCCCCCC(CCCCCCCC)OC(=O)CCCCCCCN(CCO)CCCCCCC. The van der Waals surface area contributed by atoms with Crippen LogP contribution in [0.1, 0.15) is 234 Å². The highest BCUT2D eigenvalue weighted by Gasteiger charge is 2.14. The lowest BCUT2D eigenvalue weighted by Gasteiger charge is -2.21. The molecule has 0 heterocycles. The Kier molecular flexibility index (Phi) is 51.6. The minimum absolute atomic E-state index is 0.0316. The highest BCUT2D eigenvalue weighted by molar-refractivity contribution is 5.69. The molecule has 0 atom stereocenters. The quantitative estimate of drug-likeness (QED) is 0.0526. The highest BCUT2D eigenvalue weighted by Crippen LogP contribution is 2.18. The summed E-state index contributed by atoms with van der Waals surface area (Å²) in [6.07, 6.45) is 39.1. The molecule has 0 radical (unpaired) electrons. The van der Waals surface area contributed by atoms with E-state index in [0.717, 1.165) is 45.3 Å². The van der Waals surface area contributed by atoms with Crippen LogP contribution in [-0.2, 0) is 14.3 Å². The Morgan fingerprint density at radius 1 is 0.479 bits per heavy atom. The normalized spacial score (nSPS) is 10.9. The predicted molar refractivity (Wildman–Crippen MR) is 212 cm³/mol. The smallest absolute Gasteiger partial charge is 0.306 e. The van der Waals surface area contributed by atoms with Gasteiger partial charge in [0.2, 0.25) is 0 Å². The molecule has 290 valence electrons. The number of carbonyl (C=O) groups is 2. The van der Waals surface area contributed by atoms with Crippen LogP contribution in [0.2, 0.25) is 0 Å². The number of ether oxygens (including phenoxy) is 1. The van der Waals surface area contributed by atoms with Gasteiger partial charge in [-0.05, 0) is 58.0 Å². The molecular formula is C43H89NO4. The fourth-order valence-electron chi connectivity index (χ4n) is 6.22. The van der Waals surface area contributed by atoms with Crippen LogP contribution >= 0.6 is 0 Å². The summed E-state index contributed by atoms with van der Waals surface area (Å²) >= 11 is 0. The summed E-state index contributed by atoms with van der Waals surface area (Å²) in [4.78, 5) is 23.0. The largest absolute Gasteiger partial charge is 0.462 e. The summed E-state index contributed by atoms with van der Waals surface area (Å²) < 4.78 is 5.98. The zero-order valence-corrected chi connectivity index (χ0v) is 33.7. The molecule has 0 saturated carbocycles. The van der Waals surface area contributed by atoms with E-state index in [1.54, 1.807) is 0 Å². The van der Waals surface area contributed by atoms with Crippen molar-refractivity contribution in [2.24, 2.45) is 0 Å². The second kappa shape index (κ2) is 48.2. The van der Waals surface area contributed by atoms with Crippen molar-refractivity contribution in [1.29, 1.82) is 0 Å². The number of rotatable bonds is 36. The molecule has 5 nitrogen and oxygen atoms in total. The van der Waals surface area contributed by atoms with E-state index in [4.69, 9.17) is 9.53 Å². The first kappa shape index (κ1) is 51.4. The summed E-state index contributed by atoms with van der Waals surface area (Å²) in [5, 5.41) is 9.36. The number of nitrogens with zero attached hydrogens (tertiary/aromatic N) is 1. The molecule has 0 aromatic rings.